The quantitative estimate of drug-likeness (QED) is 0.511. The zero-order valence-electron chi connectivity index (χ0n) is 10.9. The van der Waals surface area contributed by atoms with Gasteiger partial charge in [-0.1, -0.05) is 0 Å². The number of aliphatic hydroxyl groups excluding tert-OH is 1. The summed E-state index contributed by atoms with van der Waals surface area (Å²) in [7, 11) is 0. The Morgan fingerprint density at radius 3 is 2.90 bits per heavy atom. The molecule has 0 bridgehead atoms. The highest BCUT2D eigenvalue weighted by Crippen LogP contribution is 2.38. The number of rotatable bonds is 1. The molecule has 108 valence electrons. The molecule has 1 unspecified atom stereocenters. The number of aliphatic hydroxyl groups is 2. The second-order valence-electron chi connectivity index (χ2n) is 5.14. The summed E-state index contributed by atoms with van der Waals surface area (Å²) in [4.78, 5) is 22.0. The Balaban J connectivity index is 2.19. The highest BCUT2D eigenvalue weighted by Gasteiger charge is 2.51. The SMILES string of the molecule is CC1O[C@@H](n2cnc3c(=O)[nH]c(N)nc32)[C@](C)(O)[C@@H]1O. The molecule has 2 aromatic heterocycles. The van der Waals surface area contributed by atoms with Crippen molar-refractivity contribution in [2.45, 2.75) is 37.9 Å². The van der Waals surface area contributed by atoms with Gasteiger partial charge in [-0.3, -0.25) is 14.3 Å². The topological polar surface area (TPSA) is 139 Å². The largest absolute Gasteiger partial charge is 0.387 e. The minimum Gasteiger partial charge on any atom is -0.387 e. The van der Waals surface area contributed by atoms with Crippen LogP contribution in [0.15, 0.2) is 11.1 Å². The average Bonchev–Trinajstić information content (AvgIpc) is 2.85. The van der Waals surface area contributed by atoms with Gasteiger partial charge in [-0.2, -0.15) is 4.98 Å². The summed E-state index contributed by atoms with van der Waals surface area (Å²) >= 11 is 0. The number of anilines is 1. The number of hydrogen-bond donors (Lipinski definition) is 4. The van der Waals surface area contributed by atoms with Crippen LogP contribution in [0, 0.1) is 0 Å². The second kappa shape index (κ2) is 4.01. The number of nitrogens with two attached hydrogens (primary N) is 1. The molecule has 1 fully saturated rings. The number of ether oxygens (including phenoxy) is 1. The normalized spacial score (nSPS) is 33.9. The van der Waals surface area contributed by atoms with Gasteiger partial charge >= 0.3 is 0 Å². The van der Waals surface area contributed by atoms with Crippen LogP contribution in [0.25, 0.3) is 11.2 Å². The lowest BCUT2D eigenvalue weighted by atomic mass is 9.97. The van der Waals surface area contributed by atoms with Gasteiger partial charge in [0, 0.05) is 0 Å². The van der Waals surface area contributed by atoms with E-state index in [2.05, 4.69) is 15.0 Å². The maximum absolute atomic E-state index is 11.7. The molecule has 0 amide bonds. The number of aromatic nitrogens is 4. The van der Waals surface area contributed by atoms with E-state index in [9.17, 15) is 15.0 Å². The predicted molar refractivity (Wildman–Crippen MR) is 68.8 cm³/mol. The summed E-state index contributed by atoms with van der Waals surface area (Å²) in [6, 6.07) is 0. The first-order valence-corrected chi connectivity index (χ1v) is 6.10. The average molecular weight is 281 g/mol. The van der Waals surface area contributed by atoms with Crippen LogP contribution >= 0.6 is 0 Å². The molecule has 3 rings (SSSR count). The molecule has 1 aliphatic rings. The molecule has 9 heteroatoms. The first kappa shape index (κ1) is 13.0. The fraction of sp³-hybridized carbons (Fsp3) is 0.545. The lowest BCUT2D eigenvalue weighted by Gasteiger charge is -2.27. The zero-order chi connectivity index (χ0) is 14.7. The molecule has 0 spiro atoms. The van der Waals surface area contributed by atoms with Crippen molar-refractivity contribution in [1.82, 2.24) is 19.5 Å². The standard InChI is InChI=1S/C11H15N5O4/c1-4-6(17)11(2,19)9(20-4)16-3-13-5-7(16)14-10(12)15-8(5)18/h3-4,6,9,17,19H,1-2H3,(H3,12,14,15,18)/t4?,6-,9-,11-/m1/s1. The Morgan fingerprint density at radius 1 is 1.60 bits per heavy atom. The van der Waals surface area contributed by atoms with E-state index in [0.717, 1.165) is 0 Å². The van der Waals surface area contributed by atoms with Gasteiger partial charge in [0.2, 0.25) is 5.95 Å². The van der Waals surface area contributed by atoms with Gasteiger partial charge in [0.1, 0.15) is 11.7 Å². The molecular weight excluding hydrogens is 266 g/mol. The predicted octanol–water partition coefficient (Wildman–Crippen LogP) is -1.27. The molecule has 5 N–H and O–H groups in total. The summed E-state index contributed by atoms with van der Waals surface area (Å²) in [5, 5.41) is 20.3. The number of nitrogens with one attached hydrogen (secondary N) is 1. The summed E-state index contributed by atoms with van der Waals surface area (Å²) in [6.45, 7) is 3.10. The molecule has 2 aromatic rings. The van der Waals surface area contributed by atoms with E-state index in [1.54, 1.807) is 6.92 Å². The number of aromatic amines is 1. The minimum atomic E-state index is -1.54. The maximum atomic E-state index is 11.7. The van der Waals surface area contributed by atoms with Crippen molar-refractivity contribution in [3.63, 3.8) is 0 Å². The lowest BCUT2D eigenvalue weighted by molar-refractivity contribution is -0.0936. The summed E-state index contributed by atoms with van der Waals surface area (Å²) in [6.07, 6.45) is -1.21. The van der Waals surface area contributed by atoms with E-state index in [1.807, 2.05) is 0 Å². The molecule has 3 heterocycles. The number of nitrogens with zero attached hydrogens (tertiary/aromatic N) is 3. The van der Waals surface area contributed by atoms with Crippen molar-refractivity contribution in [3.05, 3.63) is 16.7 Å². The van der Waals surface area contributed by atoms with Crippen molar-refractivity contribution >= 4 is 17.1 Å². The Kier molecular flexibility index (Phi) is 2.61. The van der Waals surface area contributed by atoms with Gasteiger partial charge < -0.3 is 20.7 Å². The Labute approximate surface area is 113 Å². The van der Waals surface area contributed by atoms with E-state index < -0.39 is 29.6 Å². The van der Waals surface area contributed by atoms with Crippen LogP contribution in [0.2, 0.25) is 0 Å². The third kappa shape index (κ3) is 1.64. The van der Waals surface area contributed by atoms with Gasteiger partial charge in [-0.25, -0.2) is 4.98 Å². The van der Waals surface area contributed by atoms with Crippen molar-refractivity contribution in [2.75, 3.05) is 5.73 Å². The number of H-pyrrole nitrogens is 1. The van der Waals surface area contributed by atoms with Crippen LogP contribution in [-0.4, -0.2) is 47.5 Å². The highest BCUT2D eigenvalue weighted by atomic mass is 16.6. The molecule has 4 atom stereocenters. The molecule has 1 saturated heterocycles. The van der Waals surface area contributed by atoms with Gasteiger partial charge in [-0.05, 0) is 13.8 Å². The van der Waals surface area contributed by atoms with Crippen LogP contribution in [0.4, 0.5) is 5.95 Å². The molecule has 0 radical (unpaired) electrons. The maximum Gasteiger partial charge on any atom is 0.280 e. The zero-order valence-corrected chi connectivity index (χ0v) is 10.9. The van der Waals surface area contributed by atoms with Crippen LogP contribution in [-0.2, 0) is 4.74 Å². The number of imidazole rings is 1. The Morgan fingerprint density at radius 2 is 2.30 bits per heavy atom. The molecule has 0 saturated carbocycles. The monoisotopic (exact) mass is 281 g/mol. The van der Waals surface area contributed by atoms with Crippen molar-refractivity contribution in [2.24, 2.45) is 0 Å². The van der Waals surface area contributed by atoms with Crippen LogP contribution < -0.4 is 11.3 Å². The minimum absolute atomic E-state index is 0.0597. The Bertz CT molecular complexity index is 721. The Hall–Kier alpha value is -1.97. The van der Waals surface area contributed by atoms with Crippen LogP contribution in [0.5, 0.6) is 0 Å². The molecule has 9 nitrogen and oxygen atoms in total. The van der Waals surface area contributed by atoms with Crippen molar-refractivity contribution < 1.29 is 14.9 Å². The highest BCUT2D eigenvalue weighted by molar-refractivity contribution is 5.70. The molecule has 20 heavy (non-hydrogen) atoms. The third-order valence-corrected chi connectivity index (χ3v) is 3.59. The number of nitrogen functional groups attached to an aromatic ring is 1. The fourth-order valence-corrected chi connectivity index (χ4v) is 2.50. The molecule has 1 aliphatic heterocycles. The van der Waals surface area contributed by atoms with Gasteiger partial charge in [0.15, 0.2) is 17.4 Å². The van der Waals surface area contributed by atoms with Gasteiger partial charge in [0.05, 0.1) is 12.4 Å². The van der Waals surface area contributed by atoms with Crippen molar-refractivity contribution in [3.8, 4) is 0 Å². The lowest BCUT2D eigenvalue weighted by Crippen LogP contribution is -2.43. The molecule has 0 aromatic carbocycles. The van der Waals surface area contributed by atoms with Gasteiger partial charge in [-0.15, -0.1) is 0 Å². The molecular formula is C11H15N5O4. The van der Waals surface area contributed by atoms with Crippen LogP contribution in [0.3, 0.4) is 0 Å². The molecule has 0 aliphatic carbocycles. The van der Waals surface area contributed by atoms with E-state index in [1.165, 1.54) is 17.8 Å². The third-order valence-electron chi connectivity index (χ3n) is 3.59. The summed E-state index contributed by atoms with van der Waals surface area (Å²) in [5.74, 6) is -0.0597. The first-order valence-electron chi connectivity index (χ1n) is 6.10. The number of fused-ring (bicyclic) bond motifs is 1. The fourth-order valence-electron chi connectivity index (χ4n) is 2.50. The van der Waals surface area contributed by atoms with E-state index in [-0.39, 0.29) is 17.1 Å². The summed E-state index contributed by atoms with van der Waals surface area (Å²) < 4.78 is 6.95. The van der Waals surface area contributed by atoms with Gasteiger partial charge in [0.25, 0.3) is 5.56 Å². The van der Waals surface area contributed by atoms with E-state index >= 15 is 0 Å². The number of hydrogen-bond acceptors (Lipinski definition) is 7. The smallest absolute Gasteiger partial charge is 0.280 e. The van der Waals surface area contributed by atoms with Crippen LogP contribution in [0.1, 0.15) is 20.1 Å². The van der Waals surface area contributed by atoms with Crippen molar-refractivity contribution in [1.29, 1.82) is 0 Å². The second-order valence-corrected chi connectivity index (χ2v) is 5.14. The van der Waals surface area contributed by atoms with E-state index in [0.29, 0.717) is 0 Å². The first-order chi connectivity index (χ1) is 9.32. The summed E-state index contributed by atoms with van der Waals surface area (Å²) in [5.41, 5.74) is 3.79. The van der Waals surface area contributed by atoms with E-state index in [4.69, 9.17) is 10.5 Å².